The van der Waals surface area contributed by atoms with Crippen molar-refractivity contribution in [3.8, 4) is 0 Å². The van der Waals surface area contributed by atoms with Crippen LogP contribution in [0.1, 0.15) is 16.8 Å². The predicted molar refractivity (Wildman–Crippen MR) is 95.0 cm³/mol. The first-order chi connectivity index (χ1) is 11.9. The number of carbonyl (C=O) groups is 2. The number of carboxylic acid groups (broad SMARTS) is 1. The maximum absolute atomic E-state index is 12.2. The van der Waals surface area contributed by atoms with Crippen LogP contribution in [-0.4, -0.2) is 31.7 Å². The van der Waals surface area contributed by atoms with Crippen molar-refractivity contribution < 1.29 is 23.1 Å². The highest BCUT2D eigenvalue weighted by molar-refractivity contribution is 8.00. The number of aliphatic carboxylic acids is 1. The van der Waals surface area contributed by atoms with E-state index in [-0.39, 0.29) is 22.9 Å². The van der Waals surface area contributed by atoms with E-state index in [0.29, 0.717) is 17.0 Å². The van der Waals surface area contributed by atoms with Gasteiger partial charge in [-0.2, -0.15) is 11.8 Å². The third-order valence-electron chi connectivity index (χ3n) is 3.20. The fraction of sp³-hybridized carbons (Fsp3) is 0.176. The van der Waals surface area contributed by atoms with E-state index in [0.717, 1.165) is 0 Å². The summed E-state index contributed by atoms with van der Waals surface area (Å²) in [5, 5.41) is 10.3. The standard InChI is InChI=1S/C17H17NO5S2/c19-16(12-24-11-10-17(20)21)13-6-8-14(9-7-13)18-25(22,23)15-4-2-1-3-5-15/h1-9,18H,10-12H2,(H,20,21)/p-1. The van der Waals surface area contributed by atoms with Crippen LogP contribution < -0.4 is 9.83 Å². The molecule has 2 aromatic rings. The second kappa shape index (κ2) is 8.68. The molecule has 2 aromatic carbocycles. The van der Waals surface area contributed by atoms with Crippen LogP contribution in [0.3, 0.4) is 0 Å². The highest BCUT2D eigenvalue weighted by Crippen LogP contribution is 2.17. The maximum Gasteiger partial charge on any atom is 0.261 e. The number of carbonyl (C=O) groups excluding carboxylic acids is 2. The number of ketones is 1. The fourth-order valence-electron chi connectivity index (χ4n) is 1.94. The summed E-state index contributed by atoms with van der Waals surface area (Å²) in [5.74, 6) is -0.832. The van der Waals surface area contributed by atoms with Gasteiger partial charge in [0.25, 0.3) is 10.0 Å². The van der Waals surface area contributed by atoms with Gasteiger partial charge in [-0.15, -0.1) is 0 Å². The third kappa shape index (κ3) is 5.91. The number of nitrogens with one attached hydrogen (secondary N) is 1. The number of thioether (sulfide) groups is 1. The van der Waals surface area contributed by atoms with Crippen LogP contribution in [-0.2, 0) is 14.8 Å². The van der Waals surface area contributed by atoms with Crippen LogP contribution in [0.2, 0.25) is 0 Å². The highest BCUT2D eigenvalue weighted by Gasteiger charge is 2.13. The number of hydrogen-bond donors (Lipinski definition) is 1. The Labute approximate surface area is 150 Å². The Morgan fingerprint density at radius 2 is 1.64 bits per heavy atom. The molecule has 0 saturated carbocycles. The number of anilines is 1. The van der Waals surface area contributed by atoms with E-state index in [1.54, 1.807) is 18.2 Å². The summed E-state index contributed by atoms with van der Waals surface area (Å²) in [6, 6.07) is 14.1. The highest BCUT2D eigenvalue weighted by atomic mass is 32.2. The number of rotatable bonds is 9. The molecular formula is C17H16NO5S2-. The van der Waals surface area contributed by atoms with Crippen molar-refractivity contribution in [3.05, 3.63) is 60.2 Å². The molecule has 0 aliphatic heterocycles. The quantitative estimate of drug-likeness (QED) is 0.524. The molecule has 132 valence electrons. The molecule has 0 atom stereocenters. The second-order valence-electron chi connectivity index (χ2n) is 5.09. The van der Waals surface area contributed by atoms with Crippen LogP contribution in [0.25, 0.3) is 0 Å². The largest absolute Gasteiger partial charge is 0.550 e. The first-order valence-corrected chi connectivity index (χ1v) is 10.0. The third-order valence-corrected chi connectivity index (χ3v) is 5.55. The Kier molecular flexibility index (Phi) is 6.60. The van der Waals surface area contributed by atoms with E-state index in [4.69, 9.17) is 0 Å². The molecule has 0 unspecified atom stereocenters. The molecule has 25 heavy (non-hydrogen) atoms. The van der Waals surface area contributed by atoms with E-state index >= 15 is 0 Å². The van der Waals surface area contributed by atoms with Gasteiger partial charge in [-0.3, -0.25) is 9.52 Å². The van der Waals surface area contributed by atoms with Gasteiger partial charge in [-0.1, -0.05) is 18.2 Å². The average Bonchev–Trinajstić information content (AvgIpc) is 2.59. The van der Waals surface area contributed by atoms with E-state index in [1.807, 2.05) is 0 Å². The summed E-state index contributed by atoms with van der Waals surface area (Å²) in [5.41, 5.74) is 0.786. The van der Waals surface area contributed by atoms with Gasteiger partial charge in [-0.05, 0) is 48.6 Å². The van der Waals surface area contributed by atoms with Gasteiger partial charge in [0, 0.05) is 17.2 Å². The summed E-state index contributed by atoms with van der Waals surface area (Å²) in [6.45, 7) is 0. The minimum Gasteiger partial charge on any atom is -0.550 e. The number of carboxylic acids is 1. The summed E-state index contributed by atoms with van der Waals surface area (Å²) < 4.78 is 26.9. The summed E-state index contributed by atoms with van der Waals surface area (Å²) in [6.07, 6.45) is -0.0991. The number of Topliss-reactive ketones (excluding diaryl/α,β-unsaturated/α-hetero) is 1. The molecular weight excluding hydrogens is 362 g/mol. The van der Waals surface area contributed by atoms with Crippen molar-refractivity contribution in [1.29, 1.82) is 0 Å². The monoisotopic (exact) mass is 378 g/mol. The minimum atomic E-state index is -3.67. The molecule has 0 saturated heterocycles. The van der Waals surface area contributed by atoms with Crippen molar-refractivity contribution in [2.24, 2.45) is 0 Å². The zero-order valence-corrected chi connectivity index (χ0v) is 14.8. The van der Waals surface area contributed by atoms with Crippen molar-refractivity contribution in [2.75, 3.05) is 16.2 Å². The summed E-state index contributed by atoms with van der Waals surface area (Å²) >= 11 is 1.21. The zero-order valence-electron chi connectivity index (χ0n) is 13.2. The van der Waals surface area contributed by atoms with E-state index in [9.17, 15) is 23.1 Å². The first kappa shape index (κ1) is 19.0. The normalized spacial score (nSPS) is 11.0. The van der Waals surface area contributed by atoms with E-state index in [2.05, 4.69) is 4.72 Å². The van der Waals surface area contributed by atoms with Crippen LogP contribution in [0.5, 0.6) is 0 Å². The molecule has 0 fully saturated rings. The van der Waals surface area contributed by atoms with Crippen molar-refractivity contribution in [1.82, 2.24) is 0 Å². The smallest absolute Gasteiger partial charge is 0.261 e. The lowest BCUT2D eigenvalue weighted by Gasteiger charge is -2.08. The fourth-order valence-corrected chi connectivity index (χ4v) is 3.83. The molecule has 6 nitrogen and oxygen atoms in total. The van der Waals surface area contributed by atoms with Gasteiger partial charge < -0.3 is 9.90 Å². The SMILES string of the molecule is O=C([O-])CCSCC(=O)c1ccc(NS(=O)(=O)c2ccccc2)cc1. The van der Waals surface area contributed by atoms with Crippen LogP contribution in [0, 0.1) is 0 Å². The molecule has 8 heteroatoms. The lowest BCUT2D eigenvalue weighted by atomic mass is 10.1. The second-order valence-corrected chi connectivity index (χ2v) is 7.88. The molecule has 0 aliphatic carbocycles. The first-order valence-electron chi connectivity index (χ1n) is 7.37. The van der Waals surface area contributed by atoms with Crippen molar-refractivity contribution in [2.45, 2.75) is 11.3 Å². The van der Waals surface area contributed by atoms with Crippen LogP contribution >= 0.6 is 11.8 Å². The van der Waals surface area contributed by atoms with Crippen molar-refractivity contribution >= 4 is 39.2 Å². The number of sulfonamides is 1. The Bertz CT molecular complexity index is 833. The lowest BCUT2D eigenvalue weighted by molar-refractivity contribution is -0.305. The molecule has 0 amide bonds. The van der Waals surface area contributed by atoms with E-state index < -0.39 is 16.0 Å². The Morgan fingerprint density at radius 1 is 1.00 bits per heavy atom. The van der Waals surface area contributed by atoms with Gasteiger partial charge >= 0.3 is 0 Å². The Hall–Kier alpha value is -2.32. The molecule has 0 bridgehead atoms. The lowest BCUT2D eigenvalue weighted by Crippen LogP contribution is -2.22. The van der Waals surface area contributed by atoms with Gasteiger partial charge in [0.05, 0.1) is 10.6 Å². The Balaban J connectivity index is 1.95. The van der Waals surface area contributed by atoms with Crippen LogP contribution in [0.15, 0.2) is 59.5 Å². The van der Waals surface area contributed by atoms with Gasteiger partial charge in [-0.25, -0.2) is 8.42 Å². The summed E-state index contributed by atoms with van der Waals surface area (Å²) in [7, 11) is -3.67. The zero-order chi connectivity index (χ0) is 18.3. The van der Waals surface area contributed by atoms with Gasteiger partial charge in [0.15, 0.2) is 5.78 Å². The van der Waals surface area contributed by atoms with Gasteiger partial charge in [0.2, 0.25) is 0 Å². The molecule has 2 rings (SSSR count). The van der Waals surface area contributed by atoms with Crippen LogP contribution in [0.4, 0.5) is 5.69 Å². The summed E-state index contributed by atoms with van der Waals surface area (Å²) in [4.78, 5) is 22.4. The average molecular weight is 378 g/mol. The maximum atomic E-state index is 12.2. The molecule has 0 heterocycles. The molecule has 1 N–H and O–H groups in total. The number of benzene rings is 2. The molecule has 0 radical (unpaired) electrons. The topological polar surface area (TPSA) is 103 Å². The van der Waals surface area contributed by atoms with Crippen molar-refractivity contribution in [3.63, 3.8) is 0 Å². The predicted octanol–water partition coefficient (Wildman–Crippen LogP) is 1.54. The minimum absolute atomic E-state index is 0.0991. The Morgan fingerprint density at radius 3 is 2.24 bits per heavy atom. The number of hydrogen-bond acceptors (Lipinski definition) is 6. The van der Waals surface area contributed by atoms with E-state index in [1.165, 1.54) is 48.2 Å². The molecule has 0 aliphatic rings. The molecule has 0 aromatic heterocycles. The van der Waals surface area contributed by atoms with Gasteiger partial charge in [0.1, 0.15) is 0 Å². The molecule has 0 spiro atoms.